The van der Waals surface area contributed by atoms with Crippen LogP contribution in [0.3, 0.4) is 0 Å². The predicted octanol–water partition coefficient (Wildman–Crippen LogP) is 2.54. The van der Waals surface area contributed by atoms with Crippen molar-refractivity contribution in [1.82, 2.24) is 15.2 Å². The largest absolute Gasteiger partial charge is 0.319 e. The van der Waals surface area contributed by atoms with E-state index in [1.807, 2.05) is 25.5 Å². The highest BCUT2D eigenvalue weighted by atomic mass is 15.1. The number of hydrogen-bond acceptors (Lipinski definition) is 3. The quantitative estimate of drug-likeness (QED) is 0.767. The van der Waals surface area contributed by atoms with E-state index in [2.05, 4.69) is 42.2 Å². The summed E-state index contributed by atoms with van der Waals surface area (Å²) < 4.78 is 0. The number of nitrogens with one attached hydrogen (secondary N) is 1. The average molecular weight is 249 g/mol. The van der Waals surface area contributed by atoms with Crippen LogP contribution in [0.4, 0.5) is 0 Å². The first kappa shape index (κ1) is 15.1. The van der Waals surface area contributed by atoms with Gasteiger partial charge >= 0.3 is 0 Å². The van der Waals surface area contributed by atoms with Crippen LogP contribution in [-0.2, 0) is 6.54 Å². The Morgan fingerprint density at radius 3 is 2.78 bits per heavy atom. The van der Waals surface area contributed by atoms with Crippen molar-refractivity contribution in [1.29, 1.82) is 0 Å². The highest BCUT2D eigenvalue weighted by Gasteiger charge is 2.24. The highest BCUT2D eigenvalue weighted by molar-refractivity contribution is 5.08. The smallest absolute Gasteiger partial charge is 0.0312 e. The molecule has 1 atom stereocenters. The van der Waals surface area contributed by atoms with Gasteiger partial charge in [0.05, 0.1) is 0 Å². The molecule has 0 aliphatic rings. The maximum Gasteiger partial charge on any atom is 0.0312 e. The Kier molecular flexibility index (Phi) is 6.30. The summed E-state index contributed by atoms with van der Waals surface area (Å²) in [7, 11) is 4.23. The molecule has 1 heterocycles. The van der Waals surface area contributed by atoms with Gasteiger partial charge in [-0.2, -0.15) is 0 Å². The molecule has 0 spiro atoms. The van der Waals surface area contributed by atoms with Crippen LogP contribution in [-0.4, -0.2) is 37.1 Å². The fourth-order valence-corrected chi connectivity index (χ4v) is 2.76. The highest BCUT2D eigenvalue weighted by Crippen LogP contribution is 2.23. The molecule has 3 nitrogen and oxygen atoms in total. The van der Waals surface area contributed by atoms with Crippen LogP contribution in [0.2, 0.25) is 0 Å². The number of rotatable bonds is 8. The molecule has 1 aromatic rings. The Bertz CT molecular complexity index is 318. The monoisotopic (exact) mass is 249 g/mol. The fraction of sp³-hybridized carbons (Fsp3) is 0.667. The SMILES string of the molecule is CCCC(C)(CNC)CN(C)Cc1cccnc1. The zero-order chi connectivity index (χ0) is 13.4. The summed E-state index contributed by atoms with van der Waals surface area (Å²) in [6, 6.07) is 4.14. The van der Waals surface area contributed by atoms with E-state index < -0.39 is 0 Å². The van der Waals surface area contributed by atoms with E-state index in [9.17, 15) is 0 Å². The molecule has 1 rings (SSSR count). The summed E-state index contributed by atoms with van der Waals surface area (Å²) in [6.45, 7) is 7.77. The van der Waals surface area contributed by atoms with Gasteiger partial charge in [0.25, 0.3) is 0 Å². The van der Waals surface area contributed by atoms with Crippen LogP contribution in [0.5, 0.6) is 0 Å². The molecule has 0 bridgehead atoms. The maximum atomic E-state index is 4.17. The minimum absolute atomic E-state index is 0.348. The van der Waals surface area contributed by atoms with E-state index in [1.165, 1.54) is 18.4 Å². The first-order chi connectivity index (χ1) is 8.59. The molecule has 0 fully saturated rings. The molecule has 0 saturated carbocycles. The fourth-order valence-electron chi connectivity index (χ4n) is 2.76. The van der Waals surface area contributed by atoms with Crippen molar-refractivity contribution in [3.63, 3.8) is 0 Å². The second-order valence-corrected chi connectivity index (χ2v) is 5.62. The Labute approximate surface area is 112 Å². The standard InChI is InChI=1S/C15H27N3/c1-5-8-15(2,12-16-3)13-18(4)11-14-7-6-9-17-10-14/h6-7,9-10,16H,5,8,11-13H2,1-4H3. The van der Waals surface area contributed by atoms with Gasteiger partial charge in [-0.15, -0.1) is 0 Å². The lowest BCUT2D eigenvalue weighted by Crippen LogP contribution is -2.39. The van der Waals surface area contributed by atoms with Gasteiger partial charge < -0.3 is 10.2 Å². The van der Waals surface area contributed by atoms with E-state index in [0.717, 1.165) is 19.6 Å². The minimum Gasteiger partial charge on any atom is -0.319 e. The molecule has 1 N–H and O–H groups in total. The summed E-state index contributed by atoms with van der Waals surface area (Å²) in [4.78, 5) is 6.56. The van der Waals surface area contributed by atoms with E-state index in [0.29, 0.717) is 5.41 Å². The molecular weight excluding hydrogens is 222 g/mol. The maximum absolute atomic E-state index is 4.17. The van der Waals surface area contributed by atoms with Crippen molar-refractivity contribution >= 4 is 0 Å². The summed E-state index contributed by atoms with van der Waals surface area (Å²) in [5.74, 6) is 0. The lowest BCUT2D eigenvalue weighted by molar-refractivity contribution is 0.171. The molecule has 18 heavy (non-hydrogen) atoms. The Morgan fingerprint density at radius 1 is 1.44 bits per heavy atom. The summed E-state index contributed by atoms with van der Waals surface area (Å²) >= 11 is 0. The lowest BCUT2D eigenvalue weighted by Gasteiger charge is -2.33. The zero-order valence-electron chi connectivity index (χ0n) is 12.2. The van der Waals surface area contributed by atoms with Crippen molar-refractivity contribution in [2.24, 2.45) is 5.41 Å². The van der Waals surface area contributed by atoms with Crippen LogP contribution in [0.25, 0.3) is 0 Å². The second-order valence-electron chi connectivity index (χ2n) is 5.62. The number of nitrogens with zero attached hydrogens (tertiary/aromatic N) is 2. The first-order valence-corrected chi connectivity index (χ1v) is 6.81. The molecule has 0 radical (unpaired) electrons. The van der Waals surface area contributed by atoms with Gasteiger partial charge in [-0.05, 0) is 37.6 Å². The summed E-state index contributed by atoms with van der Waals surface area (Å²) in [5.41, 5.74) is 1.63. The number of hydrogen-bond donors (Lipinski definition) is 1. The van der Waals surface area contributed by atoms with Crippen molar-refractivity contribution in [2.75, 3.05) is 27.2 Å². The zero-order valence-corrected chi connectivity index (χ0v) is 12.2. The van der Waals surface area contributed by atoms with E-state index in [4.69, 9.17) is 0 Å². The van der Waals surface area contributed by atoms with Gasteiger partial charge in [-0.3, -0.25) is 4.98 Å². The molecule has 1 unspecified atom stereocenters. The molecule has 1 aromatic heterocycles. The second kappa shape index (κ2) is 7.49. The Morgan fingerprint density at radius 2 is 2.22 bits per heavy atom. The van der Waals surface area contributed by atoms with Crippen LogP contribution < -0.4 is 5.32 Å². The molecular formula is C15H27N3. The molecule has 0 aromatic carbocycles. The van der Waals surface area contributed by atoms with Crippen molar-refractivity contribution < 1.29 is 0 Å². The van der Waals surface area contributed by atoms with E-state index in [-0.39, 0.29) is 0 Å². The topological polar surface area (TPSA) is 28.2 Å². The van der Waals surface area contributed by atoms with Crippen LogP contribution in [0.15, 0.2) is 24.5 Å². The molecule has 0 aliphatic carbocycles. The van der Waals surface area contributed by atoms with E-state index >= 15 is 0 Å². The van der Waals surface area contributed by atoms with Crippen LogP contribution in [0.1, 0.15) is 32.3 Å². The normalized spacial score (nSPS) is 14.7. The average Bonchev–Trinajstić information content (AvgIpc) is 2.30. The van der Waals surface area contributed by atoms with Crippen LogP contribution >= 0.6 is 0 Å². The van der Waals surface area contributed by atoms with E-state index in [1.54, 1.807) is 0 Å². The molecule has 0 aliphatic heterocycles. The minimum atomic E-state index is 0.348. The molecule has 0 saturated heterocycles. The Balaban J connectivity index is 2.53. The van der Waals surface area contributed by atoms with Gasteiger partial charge in [0, 0.05) is 32.0 Å². The predicted molar refractivity (Wildman–Crippen MR) is 77.5 cm³/mol. The van der Waals surface area contributed by atoms with Crippen molar-refractivity contribution in [3.05, 3.63) is 30.1 Å². The van der Waals surface area contributed by atoms with Gasteiger partial charge in [-0.25, -0.2) is 0 Å². The van der Waals surface area contributed by atoms with Gasteiger partial charge in [-0.1, -0.05) is 26.3 Å². The van der Waals surface area contributed by atoms with Crippen molar-refractivity contribution in [2.45, 2.75) is 33.2 Å². The molecule has 102 valence electrons. The lowest BCUT2D eigenvalue weighted by atomic mass is 9.85. The van der Waals surface area contributed by atoms with Crippen molar-refractivity contribution in [3.8, 4) is 0 Å². The van der Waals surface area contributed by atoms with Gasteiger partial charge in [0.15, 0.2) is 0 Å². The van der Waals surface area contributed by atoms with Crippen LogP contribution in [0, 0.1) is 5.41 Å². The third kappa shape index (κ3) is 5.15. The van der Waals surface area contributed by atoms with Gasteiger partial charge in [0.2, 0.25) is 0 Å². The third-order valence-electron chi connectivity index (χ3n) is 3.28. The first-order valence-electron chi connectivity index (χ1n) is 6.81. The third-order valence-corrected chi connectivity index (χ3v) is 3.28. The number of aromatic nitrogens is 1. The number of pyridine rings is 1. The summed E-state index contributed by atoms with van der Waals surface area (Å²) in [5, 5.41) is 3.32. The molecule has 3 heteroatoms. The summed E-state index contributed by atoms with van der Waals surface area (Å²) in [6.07, 6.45) is 6.27. The van der Waals surface area contributed by atoms with Gasteiger partial charge in [0.1, 0.15) is 0 Å². The molecule has 0 amide bonds. The Hall–Kier alpha value is -0.930.